The molecule has 0 aliphatic rings. The van der Waals surface area contributed by atoms with E-state index in [2.05, 4.69) is 9.97 Å². The molecule has 5 nitrogen and oxygen atoms in total. The fraction of sp³-hybridized carbons (Fsp3) is 0.133. The third-order valence-electron chi connectivity index (χ3n) is 2.96. The number of aliphatic carboxylic acids is 1. The van der Waals surface area contributed by atoms with Gasteiger partial charge in [-0.25, -0.2) is 4.98 Å². The number of rotatable bonds is 4. The molecule has 3 heterocycles. The predicted molar refractivity (Wildman–Crippen MR) is 81.5 cm³/mol. The molecule has 0 radical (unpaired) electrons. The molecule has 0 aromatic carbocycles. The third-order valence-corrected chi connectivity index (χ3v) is 4.19. The first-order valence-corrected chi connectivity index (χ1v) is 7.60. The van der Waals surface area contributed by atoms with Gasteiger partial charge in [0.15, 0.2) is 5.76 Å². The monoisotopic (exact) mass is 333 g/mol. The van der Waals surface area contributed by atoms with E-state index in [0.29, 0.717) is 27.2 Å². The van der Waals surface area contributed by atoms with E-state index in [4.69, 9.17) is 16.0 Å². The fourth-order valence-corrected chi connectivity index (χ4v) is 3.00. The van der Waals surface area contributed by atoms with Crippen molar-refractivity contribution < 1.29 is 14.3 Å². The summed E-state index contributed by atoms with van der Waals surface area (Å²) in [6, 6.07) is 7.14. The minimum absolute atomic E-state index is 0.314. The van der Waals surface area contributed by atoms with Crippen LogP contribution in [0.4, 0.5) is 0 Å². The lowest BCUT2D eigenvalue weighted by molar-refractivity contribution is -0.304. The molecule has 0 amide bonds. The molecule has 0 atom stereocenters. The average Bonchev–Trinajstić information content (AvgIpc) is 3.05. The summed E-state index contributed by atoms with van der Waals surface area (Å²) < 4.78 is 6.34. The topological polar surface area (TPSA) is 79.0 Å². The molecule has 0 aliphatic heterocycles. The number of carboxylic acid groups (broad SMARTS) is 1. The first kappa shape index (κ1) is 14.7. The minimum atomic E-state index is -1.22. The summed E-state index contributed by atoms with van der Waals surface area (Å²) in [6.45, 7) is 1.87. The lowest BCUT2D eigenvalue weighted by Crippen LogP contribution is -2.24. The molecule has 0 fully saturated rings. The van der Waals surface area contributed by atoms with Crippen molar-refractivity contribution in [1.82, 2.24) is 9.97 Å². The van der Waals surface area contributed by atoms with Gasteiger partial charge in [-0.1, -0.05) is 11.6 Å². The van der Waals surface area contributed by atoms with Crippen molar-refractivity contribution in [3.63, 3.8) is 0 Å². The van der Waals surface area contributed by atoms with Gasteiger partial charge in [0.05, 0.1) is 20.5 Å². The lowest BCUT2D eigenvalue weighted by Gasteiger charge is -1.99. The molecule has 0 unspecified atom stereocenters. The number of aromatic nitrogens is 2. The summed E-state index contributed by atoms with van der Waals surface area (Å²) in [6.07, 6.45) is 1.31. The molecule has 0 spiro atoms. The Labute approximate surface area is 135 Å². The van der Waals surface area contributed by atoms with E-state index in [1.54, 1.807) is 18.3 Å². The molecule has 0 saturated carbocycles. The molecule has 3 rings (SSSR count). The van der Waals surface area contributed by atoms with Crippen LogP contribution in [0.25, 0.3) is 22.1 Å². The largest absolute Gasteiger partial charge is 0.550 e. The molecular weight excluding hydrogens is 324 g/mol. The van der Waals surface area contributed by atoms with Crippen LogP contribution >= 0.6 is 22.9 Å². The van der Waals surface area contributed by atoms with Crippen LogP contribution in [0.3, 0.4) is 0 Å². The van der Waals surface area contributed by atoms with Crippen LogP contribution in [-0.2, 0) is 11.2 Å². The number of pyridine rings is 1. The van der Waals surface area contributed by atoms with Crippen LogP contribution in [0.2, 0.25) is 4.34 Å². The molecule has 0 saturated heterocycles. The maximum absolute atomic E-state index is 10.9. The molecule has 3 aromatic heterocycles. The Morgan fingerprint density at radius 1 is 1.36 bits per heavy atom. The summed E-state index contributed by atoms with van der Waals surface area (Å²) in [7, 11) is 0. The Hall–Kier alpha value is -2.18. The number of carbonyl (C=O) groups is 1. The van der Waals surface area contributed by atoms with E-state index in [9.17, 15) is 9.90 Å². The summed E-state index contributed by atoms with van der Waals surface area (Å²) in [4.78, 5) is 20.1. The Kier molecular flexibility index (Phi) is 3.96. The van der Waals surface area contributed by atoms with Gasteiger partial charge in [-0.2, -0.15) is 0 Å². The van der Waals surface area contributed by atoms with Crippen molar-refractivity contribution in [2.45, 2.75) is 13.3 Å². The molecule has 0 aliphatic carbocycles. The first-order valence-electron chi connectivity index (χ1n) is 6.41. The summed E-state index contributed by atoms with van der Waals surface area (Å²) >= 11 is 7.22. The number of hydrogen-bond donors (Lipinski definition) is 0. The maximum atomic E-state index is 10.9. The van der Waals surface area contributed by atoms with Gasteiger partial charge < -0.3 is 14.3 Å². The zero-order valence-electron chi connectivity index (χ0n) is 11.5. The molecule has 0 bridgehead atoms. The zero-order chi connectivity index (χ0) is 15.7. The molecule has 3 aromatic rings. The van der Waals surface area contributed by atoms with Crippen molar-refractivity contribution in [3.8, 4) is 22.1 Å². The Balaban J connectivity index is 2.07. The van der Waals surface area contributed by atoms with Crippen LogP contribution in [-0.4, -0.2) is 15.9 Å². The average molecular weight is 334 g/mol. The van der Waals surface area contributed by atoms with Crippen molar-refractivity contribution >= 4 is 28.9 Å². The smallest absolute Gasteiger partial charge is 0.228 e. The second kappa shape index (κ2) is 5.90. The molecule has 0 N–H and O–H groups in total. The second-order valence-electron chi connectivity index (χ2n) is 4.64. The van der Waals surface area contributed by atoms with Gasteiger partial charge in [0.1, 0.15) is 0 Å². The van der Waals surface area contributed by atoms with E-state index in [-0.39, 0.29) is 6.42 Å². The Morgan fingerprint density at radius 3 is 2.77 bits per heavy atom. The van der Waals surface area contributed by atoms with Crippen molar-refractivity contribution in [2.24, 2.45) is 0 Å². The van der Waals surface area contributed by atoms with Crippen LogP contribution in [0.5, 0.6) is 0 Å². The summed E-state index contributed by atoms with van der Waals surface area (Å²) in [5.41, 5.74) is 1.86. The predicted octanol–water partition coefficient (Wildman–Crippen LogP) is 2.72. The normalized spacial score (nSPS) is 10.8. The number of oxazole rings is 1. The zero-order valence-corrected chi connectivity index (χ0v) is 13.1. The summed E-state index contributed by atoms with van der Waals surface area (Å²) in [5.74, 6) is -0.495. The SMILES string of the molecule is Cc1ccc(-c2nc(CC(=O)[O-])c(-c3ccc(Cl)s3)o2)cn1. The second-order valence-corrected chi connectivity index (χ2v) is 6.35. The molecular formula is C15H10ClN2O3S-. The number of nitrogens with zero attached hydrogens (tertiary/aromatic N) is 2. The van der Waals surface area contributed by atoms with Crippen LogP contribution < -0.4 is 5.11 Å². The first-order chi connectivity index (χ1) is 10.5. The van der Waals surface area contributed by atoms with Gasteiger partial charge in [0.2, 0.25) is 5.89 Å². The minimum Gasteiger partial charge on any atom is -0.550 e. The van der Waals surface area contributed by atoms with Gasteiger partial charge in [0, 0.05) is 24.3 Å². The lowest BCUT2D eigenvalue weighted by atomic mass is 10.2. The highest BCUT2D eigenvalue weighted by Crippen LogP contribution is 2.36. The van der Waals surface area contributed by atoms with Gasteiger partial charge in [-0.05, 0) is 31.2 Å². The number of hydrogen-bond acceptors (Lipinski definition) is 6. The maximum Gasteiger partial charge on any atom is 0.228 e. The number of halogens is 1. The van der Waals surface area contributed by atoms with Gasteiger partial charge in [-0.15, -0.1) is 11.3 Å². The quantitative estimate of drug-likeness (QED) is 0.733. The molecule has 7 heteroatoms. The van der Waals surface area contributed by atoms with Gasteiger partial charge >= 0.3 is 0 Å². The van der Waals surface area contributed by atoms with Crippen LogP contribution in [0, 0.1) is 6.92 Å². The fourth-order valence-electron chi connectivity index (χ4n) is 1.95. The molecule has 22 heavy (non-hydrogen) atoms. The third kappa shape index (κ3) is 3.03. The number of aryl methyl sites for hydroxylation is 1. The molecule has 112 valence electrons. The van der Waals surface area contributed by atoms with Crippen LogP contribution in [0.15, 0.2) is 34.9 Å². The Bertz CT molecular complexity index is 824. The number of thiophene rings is 1. The highest BCUT2D eigenvalue weighted by Gasteiger charge is 2.18. The van der Waals surface area contributed by atoms with E-state index in [0.717, 1.165) is 10.6 Å². The van der Waals surface area contributed by atoms with Gasteiger partial charge in [0.25, 0.3) is 0 Å². The standard InChI is InChI=1S/C15H11ClN2O3S/c1-8-2-3-9(7-17-8)15-18-10(6-13(19)20)14(21-15)11-4-5-12(16)22-11/h2-5,7H,6H2,1H3,(H,19,20)/p-1. The Morgan fingerprint density at radius 2 is 2.18 bits per heavy atom. The highest BCUT2D eigenvalue weighted by molar-refractivity contribution is 7.19. The van der Waals surface area contributed by atoms with Crippen molar-refractivity contribution in [1.29, 1.82) is 0 Å². The number of carboxylic acids is 1. The van der Waals surface area contributed by atoms with E-state index < -0.39 is 5.97 Å². The van der Waals surface area contributed by atoms with E-state index in [1.165, 1.54) is 11.3 Å². The van der Waals surface area contributed by atoms with E-state index >= 15 is 0 Å². The number of carbonyl (C=O) groups excluding carboxylic acids is 1. The van der Waals surface area contributed by atoms with E-state index in [1.807, 2.05) is 19.1 Å². The highest BCUT2D eigenvalue weighted by atomic mass is 35.5. The van der Waals surface area contributed by atoms with Crippen molar-refractivity contribution in [2.75, 3.05) is 0 Å². The summed E-state index contributed by atoms with van der Waals surface area (Å²) in [5, 5.41) is 10.9. The van der Waals surface area contributed by atoms with Crippen molar-refractivity contribution in [3.05, 3.63) is 46.2 Å². The van der Waals surface area contributed by atoms with Crippen LogP contribution in [0.1, 0.15) is 11.4 Å². The van der Waals surface area contributed by atoms with Gasteiger partial charge in [-0.3, -0.25) is 4.98 Å².